The van der Waals surface area contributed by atoms with Gasteiger partial charge in [0.05, 0.1) is 19.8 Å². The van der Waals surface area contributed by atoms with Gasteiger partial charge in [0.1, 0.15) is 12.7 Å². The van der Waals surface area contributed by atoms with E-state index in [0.717, 1.165) is 122 Å². The molecular formula is C62H109O11P. The first-order valence-electron chi connectivity index (χ1n) is 29.8. The summed E-state index contributed by atoms with van der Waals surface area (Å²) in [5, 5.41) is 9.80. The molecule has 0 heterocycles. The number of carbonyl (C=O) groups excluding carboxylic acids is 3. The largest absolute Gasteiger partial charge is 0.472 e. The average Bonchev–Trinajstić information content (AvgIpc) is 3.39. The Labute approximate surface area is 452 Å². The Morgan fingerprint density at radius 2 is 0.716 bits per heavy atom. The molecule has 0 spiro atoms. The van der Waals surface area contributed by atoms with Crippen LogP contribution in [-0.4, -0.2) is 66.5 Å². The monoisotopic (exact) mass is 1060 g/mol. The number of aliphatic hydroxyl groups excluding tert-OH is 1. The number of phosphoric acid groups is 1. The maximum atomic E-state index is 12.9. The van der Waals surface area contributed by atoms with Crippen LogP contribution < -0.4 is 0 Å². The van der Waals surface area contributed by atoms with Gasteiger partial charge in [-0.2, -0.15) is 0 Å². The molecule has 0 saturated carbocycles. The first kappa shape index (κ1) is 70.9. The van der Waals surface area contributed by atoms with Crippen LogP contribution in [0.4, 0.5) is 0 Å². The highest BCUT2D eigenvalue weighted by atomic mass is 31.2. The van der Waals surface area contributed by atoms with Crippen LogP contribution in [0.2, 0.25) is 0 Å². The SMILES string of the molecule is CC/C=C\C/C=C\C/C=C\CCCCCCCCCC(=O)OCC(COP(=O)(O)OCC(CO)OC(=O)CCCCCCC/C=C\CCCC)OC(=O)CCCCCCCCCCC/C=C\C/C=C\CCCCC. The second-order valence-corrected chi connectivity index (χ2v) is 21.2. The van der Waals surface area contributed by atoms with Gasteiger partial charge >= 0.3 is 25.7 Å². The van der Waals surface area contributed by atoms with Crippen molar-refractivity contribution in [1.82, 2.24) is 0 Å². The fourth-order valence-electron chi connectivity index (χ4n) is 8.03. The third-order valence-electron chi connectivity index (χ3n) is 12.6. The minimum Gasteiger partial charge on any atom is -0.462 e. The lowest BCUT2D eigenvalue weighted by molar-refractivity contribution is -0.161. The number of rotatable bonds is 55. The van der Waals surface area contributed by atoms with Gasteiger partial charge in [0.25, 0.3) is 0 Å². The summed E-state index contributed by atoms with van der Waals surface area (Å²) in [6.07, 6.45) is 62.8. The summed E-state index contributed by atoms with van der Waals surface area (Å²) in [6.45, 7) is 4.46. The van der Waals surface area contributed by atoms with Crippen LogP contribution in [0.25, 0.3) is 0 Å². The van der Waals surface area contributed by atoms with Gasteiger partial charge in [0, 0.05) is 19.3 Å². The minimum absolute atomic E-state index is 0.159. The minimum atomic E-state index is -4.75. The number of aliphatic hydroxyl groups is 1. The molecule has 0 rings (SSSR count). The van der Waals surface area contributed by atoms with E-state index in [4.69, 9.17) is 23.3 Å². The Morgan fingerprint density at radius 1 is 0.392 bits per heavy atom. The van der Waals surface area contributed by atoms with Gasteiger partial charge in [-0.15, -0.1) is 0 Å². The van der Waals surface area contributed by atoms with Crippen molar-refractivity contribution in [2.45, 2.75) is 277 Å². The molecule has 2 N–H and O–H groups in total. The van der Waals surface area contributed by atoms with Crippen molar-refractivity contribution in [2.75, 3.05) is 26.4 Å². The first-order chi connectivity index (χ1) is 36.2. The highest BCUT2D eigenvalue weighted by molar-refractivity contribution is 7.47. The molecule has 11 nitrogen and oxygen atoms in total. The van der Waals surface area contributed by atoms with Crippen LogP contribution in [0.3, 0.4) is 0 Å². The summed E-state index contributed by atoms with van der Waals surface area (Å²) >= 11 is 0. The summed E-state index contributed by atoms with van der Waals surface area (Å²) in [6, 6.07) is 0. The highest BCUT2D eigenvalue weighted by Crippen LogP contribution is 2.43. The molecule has 0 amide bonds. The van der Waals surface area contributed by atoms with Crippen LogP contribution in [0.15, 0.2) is 72.9 Å². The molecule has 0 fully saturated rings. The lowest BCUT2D eigenvalue weighted by atomic mass is 10.1. The molecule has 0 aromatic heterocycles. The molecule has 74 heavy (non-hydrogen) atoms. The third-order valence-corrected chi connectivity index (χ3v) is 13.5. The van der Waals surface area contributed by atoms with E-state index in [-0.39, 0.29) is 25.9 Å². The van der Waals surface area contributed by atoms with Crippen molar-refractivity contribution in [3.8, 4) is 0 Å². The predicted octanol–water partition coefficient (Wildman–Crippen LogP) is 17.7. The number of phosphoric ester groups is 1. The topological polar surface area (TPSA) is 155 Å². The van der Waals surface area contributed by atoms with Crippen molar-refractivity contribution in [2.24, 2.45) is 0 Å². The molecule has 3 unspecified atom stereocenters. The zero-order chi connectivity index (χ0) is 54.1. The van der Waals surface area contributed by atoms with E-state index in [1.807, 2.05) is 0 Å². The summed E-state index contributed by atoms with van der Waals surface area (Å²) in [7, 11) is -4.75. The zero-order valence-electron chi connectivity index (χ0n) is 47.3. The second-order valence-electron chi connectivity index (χ2n) is 19.8. The average molecular weight is 1060 g/mol. The second kappa shape index (κ2) is 56.1. The van der Waals surface area contributed by atoms with E-state index in [1.165, 1.54) is 83.5 Å². The molecule has 0 aromatic carbocycles. The van der Waals surface area contributed by atoms with E-state index < -0.39 is 57.8 Å². The molecule has 0 aliphatic carbocycles. The van der Waals surface area contributed by atoms with Crippen molar-refractivity contribution in [1.29, 1.82) is 0 Å². The van der Waals surface area contributed by atoms with Gasteiger partial charge in [-0.25, -0.2) is 4.57 Å². The Hall–Kier alpha value is -3.08. The van der Waals surface area contributed by atoms with Crippen molar-refractivity contribution in [3.63, 3.8) is 0 Å². The van der Waals surface area contributed by atoms with Crippen LogP contribution in [0.5, 0.6) is 0 Å². The van der Waals surface area contributed by atoms with Gasteiger partial charge in [-0.1, -0.05) is 216 Å². The van der Waals surface area contributed by atoms with E-state index in [1.54, 1.807) is 0 Å². The quantitative estimate of drug-likeness (QED) is 0.0197. The lowest BCUT2D eigenvalue weighted by Gasteiger charge is -2.21. The fraction of sp³-hybridized carbons (Fsp3) is 0.758. The summed E-state index contributed by atoms with van der Waals surface area (Å²) in [5.74, 6) is -1.48. The van der Waals surface area contributed by atoms with Gasteiger partial charge in [0.15, 0.2) is 6.10 Å². The number of unbranched alkanes of at least 4 members (excludes halogenated alkanes) is 26. The maximum absolute atomic E-state index is 12.9. The van der Waals surface area contributed by atoms with Crippen molar-refractivity contribution < 1.29 is 52.2 Å². The Bertz CT molecular complexity index is 1520. The number of ether oxygens (including phenoxy) is 3. The Kier molecular flexibility index (Phi) is 53.8. The summed E-state index contributed by atoms with van der Waals surface area (Å²) < 4.78 is 39.5. The molecule has 0 bridgehead atoms. The number of carbonyl (C=O) groups is 3. The van der Waals surface area contributed by atoms with E-state index >= 15 is 0 Å². The normalized spacial score (nSPS) is 13.9. The van der Waals surface area contributed by atoms with Gasteiger partial charge in [0.2, 0.25) is 0 Å². The molecule has 12 heteroatoms. The van der Waals surface area contributed by atoms with Crippen LogP contribution in [0, 0.1) is 0 Å². The maximum Gasteiger partial charge on any atom is 0.472 e. The first-order valence-corrected chi connectivity index (χ1v) is 31.3. The Morgan fingerprint density at radius 3 is 1.14 bits per heavy atom. The molecule has 0 saturated heterocycles. The van der Waals surface area contributed by atoms with Crippen molar-refractivity contribution >= 4 is 25.7 Å². The highest BCUT2D eigenvalue weighted by Gasteiger charge is 2.28. The number of esters is 3. The standard InChI is InChI=1S/C62H109O11P/c1-4-7-10-13-16-19-22-24-26-28-29-31-33-35-38-41-44-47-50-53-62(66)73-59(55-69-60(64)51-48-45-42-39-37-34-32-30-27-25-23-20-17-14-11-8-5-2)57-71-74(67,68)70-56-58(54-63)72-61(65)52-49-46-43-40-36-21-18-15-12-9-6-3/h8,11,15-20,24-27,58-59,63H,4-7,9-10,12-14,21-23,28-57H2,1-3H3,(H,67,68)/b11-8-,18-15-,19-16-,20-17-,26-24-,27-25-. The van der Waals surface area contributed by atoms with Gasteiger partial charge < -0.3 is 24.2 Å². The summed E-state index contributed by atoms with van der Waals surface area (Å²) in [4.78, 5) is 48.6. The predicted molar refractivity (Wildman–Crippen MR) is 307 cm³/mol. The molecular weight excluding hydrogens is 952 g/mol. The third kappa shape index (κ3) is 53.7. The number of hydrogen-bond donors (Lipinski definition) is 2. The molecule has 3 atom stereocenters. The van der Waals surface area contributed by atoms with E-state index in [9.17, 15) is 28.9 Å². The van der Waals surface area contributed by atoms with Crippen LogP contribution in [0.1, 0.15) is 265 Å². The number of allylic oxidation sites excluding steroid dienone is 12. The smallest absolute Gasteiger partial charge is 0.462 e. The van der Waals surface area contributed by atoms with E-state index in [2.05, 4.69) is 93.7 Å². The molecule has 428 valence electrons. The molecule has 0 aromatic rings. The summed E-state index contributed by atoms with van der Waals surface area (Å²) in [5.41, 5.74) is 0. The lowest BCUT2D eigenvalue weighted by Crippen LogP contribution is -2.30. The zero-order valence-corrected chi connectivity index (χ0v) is 48.2. The number of hydrogen-bond acceptors (Lipinski definition) is 10. The van der Waals surface area contributed by atoms with Gasteiger partial charge in [-0.05, 0) is 103 Å². The van der Waals surface area contributed by atoms with Crippen LogP contribution >= 0.6 is 7.82 Å². The molecule has 0 radical (unpaired) electrons. The van der Waals surface area contributed by atoms with Gasteiger partial charge in [-0.3, -0.25) is 23.4 Å². The van der Waals surface area contributed by atoms with Crippen molar-refractivity contribution in [3.05, 3.63) is 72.9 Å². The van der Waals surface area contributed by atoms with E-state index in [0.29, 0.717) is 19.3 Å². The van der Waals surface area contributed by atoms with Crippen LogP contribution in [-0.2, 0) is 42.2 Å². The fourth-order valence-corrected chi connectivity index (χ4v) is 8.81. The molecule has 0 aliphatic rings. The molecule has 0 aliphatic heterocycles. The Balaban J connectivity index is 4.73.